The number of rotatable bonds is 0. The lowest BCUT2D eigenvalue weighted by Gasteiger charge is -2.52. The molecule has 2 N–H and O–H groups in total. The highest BCUT2D eigenvalue weighted by Crippen LogP contribution is 2.46. The summed E-state index contributed by atoms with van der Waals surface area (Å²) in [7, 11) is 0. The Bertz CT molecular complexity index is 260. The van der Waals surface area contributed by atoms with Crippen molar-refractivity contribution < 1.29 is 9.59 Å². The number of imide groups is 1. The van der Waals surface area contributed by atoms with E-state index in [0.29, 0.717) is 0 Å². The lowest BCUT2D eigenvalue weighted by atomic mass is 9.59. The fourth-order valence-corrected chi connectivity index (χ4v) is 2.12. The van der Waals surface area contributed by atoms with E-state index in [2.05, 4.69) is 24.5 Å². The van der Waals surface area contributed by atoms with Gasteiger partial charge in [0.25, 0.3) is 0 Å². The minimum atomic E-state index is -0.353. The molecule has 1 heterocycles. The molecule has 1 saturated carbocycles. The minimum absolute atomic E-state index is 0.00213. The molecule has 0 radical (unpaired) electrons. The molecule has 0 bridgehead atoms. The van der Waals surface area contributed by atoms with E-state index >= 15 is 0 Å². The Labute approximate surface area is 70.7 Å². The Morgan fingerprint density at radius 3 is 2.67 bits per heavy atom. The average Bonchev–Trinajstić information content (AvgIpc) is 1.94. The second kappa shape index (κ2) is 2.00. The summed E-state index contributed by atoms with van der Waals surface area (Å²) in [5.41, 5.74) is 0.0814. The maximum atomic E-state index is 11.2. The molecular formula is C8H12N2O2. The molecule has 4 nitrogen and oxygen atoms in total. The summed E-state index contributed by atoms with van der Waals surface area (Å²) in [5, 5.41) is 5.03. The van der Waals surface area contributed by atoms with Gasteiger partial charge in [-0.25, -0.2) is 4.79 Å². The van der Waals surface area contributed by atoms with Gasteiger partial charge in [0.2, 0.25) is 5.91 Å². The smallest absolute Gasteiger partial charge is 0.321 e. The van der Waals surface area contributed by atoms with Crippen LogP contribution in [0.2, 0.25) is 0 Å². The highest BCUT2D eigenvalue weighted by molar-refractivity contribution is 5.99. The number of hydrogen-bond donors (Lipinski definition) is 2. The van der Waals surface area contributed by atoms with Gasteiger partial charge in [-0.3, -0.25) is 10.1 Å². The number of carbonyl (C=O) groups is 2. The van der Waals surface area contributed by atoms with Gasteiger partial charge in [0.1, 0.15) is 0 Å². The molecular weight excluding hydrogens is 156 g/mol. The van der Waals surface area contributed by atoms with Gasteiger partial charge in [0.15, 0.2) is 0 Å². The predicted octanol–water partition coefficient (Wildman–Crippen LogP) is 0.241. The monoisotopic (exact) mass is 168 g/mol. The Morgan fingerprint density at radius 2 is 2.08 bits per heavy atom. The molecule has 2 aliphatic rings. The zero-order chi connectivity index (χ0) is 8.93. The molecule has 1 aliphatic carbocycles. The molecule has 3 amide bonds. The molecule has 2 fully saturated rings. The van der Waals surface area contributed by atoms with E-state index in [9.17, 15) is 9.59 Å². The maximum absolute atomic E-state index is 11.2. The summed E-state index contributed by atoms with van der Waals surface area (Å²) in [6, 6.07) is -0.312. The number of hydrogen-bond acceptors (Lipinski definition) is 2. The standard InChI is InChI=1S/C8H12N2O2/c1-8(2)3-4-5(8)9-7(12)10-6(4)11/h4-5H,3H2,1-2H3,(H2,9,10,11,12). The lowest BCUT2D eigenvalue weighted by Crippen LogP contribution is -2.69. The van der Waals surface area contributed by atoms with Crippen LogP contribution in [0.4, 0.5) is 4.79 Å². The van der Waals surface area contributed by atoms with Crippen molar-refractivity contribution >= 4 is 11.9 Å². The predicted molar refractivity (Wildman–Crippen MR) is 42.4 cm³/mol. The van der Waals surface area contributed by atoms with Crippen LogP contribution in [0.3, 0.4) is 0 Å². The van der Waals surface area contributed by atoms with Crippen LogP contribution in [0, 0.1) is 11.3 Å². The molecule has 12 heavy (non-hydrogen) atoms. The van der Waals surface area contributed by atoms with E-state index in [1.807, 2.05) is 0 Å². The molecule has 2 unspecified atom stereocenters. The Balaban J connectivity index is 2.18. The van der Waals surface area contributed by atoms with E-state index in [1.54, 1.807) is 0 Å². The number of nitrogens with one attached hydrogen (secondary N) is 2. The molecule has 2 rings (SSSR count). The van der Waals surface area contributed by atoms with Gasteiger partial charge in [-0.1, -0.05) is 13.8 Å². The van der Waals surface area contributed by atoms with E-state index < -0.39 is 0 Å². The lowest BCUT2D eigenvalue weighted by molar-refractivity contribution is -0.135. The van der Waals surface area contributed by atoms with Crippen LogP contribution >= 0.6 is 0 Å². The van der Waals surface area contributed by atoms with Crippen LogP contribution in [-0.2, 0) is 4.79 Å². The Hall–Kier alpha value is -1.06. The van der Waals surface area contributed by atoms with Crippen molar-refractivity contribution in [1.82, 2.24) is 10.6 Å². The van der Waals surface area contributed by atoms with Crippen molar-refractivity contribution in [3.63, 3.8) is 0 Å². The van der Waals surface area contributed by atoms with E-state index in [-0.39, 0.29) is 29.3 Å². The van der Waals surface area contributed by atoms with Crippen molar-refractivity contribution in [3.05, 3.63) is 0 Å². The fraction of sp³-hybridized carbons (Fsp3) is 0.750. The summed E-state index contributed by atoms with van der Waals surface area (Å²) < 4.78 is 0. The Kier molecular flexibility index (Phi) is 1.26. The topological polar surface area (TPSA) is 58.2 Å². The van der Waals surface area contributed by atoms with Gasteiger partial charge >= 0.3 is 6.03 Å². The van der Waals surface area contributed by atoms with Crippen LogP contribution in [-0.4, -0.2) is 18.0 Å². The second-order valence-electron chi connectivity index (χ2n) is 4.24. The quantitative estimate of drug-likeness (QED) is 0.544. The first-order chi connectivity index (χ1) is 5.50. The van der Waals surface area contributed by atoms with Crippen molar-refractivity contribution in [2.24, 2.45) is 11.3 Å². The highest BCUT2D eigenvalue weighted by Gasteiger charge is 2.54. The van der Waals surface area contributed by atoms with Crippen LogP contribution in [0.1, 0.15) is 20.3 Å². The molecule has 0 aromatic carbocycles. The summed E-state index contributed by atoms with van der Waals surface area (Å²) in [6.45, 7) is 4.13. The SMILES string of the molecule is CC1(C)CC2C(=O)NC(=O)NC21. The van der Waals surface area contributed by atoms with Crippen LogP contribution in [0.25, 0.3) is 0 Å². The van der Waals surface area contributed by atoms with E-state index in [0.717, 1.165) is 6.42 Å². The molecule has 0 spiro atoms. The van der Waals surface area contributed by atoms with E-state index in [4.69, 9.17) is 0 Å². The largest absolute Gasteiger partial charge is 0.334 e. The molecule has 0 aromatic rings. The first-order valence-corrected chi connectivity index (χ1v) is 4.12. The van der Waals surface area contributed by atoms with Crippen LogP contribution in [0.15, 0.2) is 0 Å². The van der Waals surface area contributed by atoms with Crippen LogP contribution < -0.4 is 10.6 Å². The van der Waals surface area contributed by atoms with E-state index in [1.165, 1.54) is 0 Å². The highest BCUT2D eigenvalue weighted by atomic mass is 16.2. The normalized spacial score (nSPS) is 37.5. The summed E-state index contributed by atoms with van der Waals surface area (Å²) in [4.78, 5) is 22.1. The summed E-state index contributed by atoms with van der Waals surface area (Å²) >= 11 is 0. The molecule has 0 aromatic heterocycles. The van der Waals surface area contributed by atoms with Gasteiger partial charge < -0.3 is 5.32 Å². The molecule has 1 aliphatic heterocycles. The first-order valence-electron chi connectivity index (χ1n) is 4.12. The van der Waals surface area contributed by atoms with Gasteiger partial charge in [-0.05, 0) is 11.8 Å². The Morgan fingerprint density at radius 1 is 1.42 bits per heavy atom. The third-order valence-electron chi connectivity index (χ3n) is 2.85. The van der Waals surface area contributed by atoms with Crippen molar-refractivity contribution in [2.75, 3.05) is 0 Å². The third-order valence-corrected chi connectivity index (χ3v) is 2.85. The van der Waals surface area contributed by atoms with Crippen LogP contribution in [0.5, 0.6) is 0 Å². The number of urea groups is 1. The number of fused-ring (bicyclic) bond motifs is 1. The minimum Gasteiger partial charge on any atom is -0.334 e. The fourth-order valence-electron chi connectivity index (χ4n) is 2.12. The summed E-state index contributed by atoms with van der Waals surface area (Å²) in [5.74, 6) is -0.124. The van der Waals surface area contributed by atoms with Gasteiger partial charge in [0, 0.05) is 6.04 Å². The maximum Gasteiger partial charge on any atom is 0.321 e. The zero-order valence-corrected chi connectivity index (χ0v) is 7.18. The molecule has 66 valence electrons. The van der Waals surface area contributed by atoms with Crippen molar-refractivity contribution in [2.45, 2.75) is 26.3 Å². The number of amides is 3. The van der Waals surface area contributed by atoms with Gasteiger partial charge in [-0.2, -0.15) is 0 Å². The summed E-state index contributed by atoms with van der Waals surface area (Å²) in [6.07, 6.45) is 0.865. The van der Waals surface area contributed by atoms with Gasteiger partial charge in [0.05, 0.1) is 5.92 Å². The molecule has 2 atom stereocenters. The molecule has 1 saturated heterocycles. The molecule has 4 heteroatoms. The first kappa shape index (κ1) is 7.58. The van der Waals surface area contributed by atoms with Crippen molar-refractivity contribution in [1.29, 1.82) is 0 Å². The third kappa shape index (κ3) is 0.838. The number of carbonyl (C=O) groups excluding carboxylic acids is 2. The zero-order valence-electron chi connectivity index (χ0n) is 7.18. The van der Waals surface area contributed by atoms with Crippen molar-refractivity contribution in [3.8, 4) is 0 Å². The second-order valence-corrected chi connectivity index (χ2v) is 4.24. The average molecular weight is 168 g/mol. The van der Waals surface area contributed by atoms with Gasteiger partial charge in [-0.15, -0.1) is 0 Å².